The fraction of sp³-hybridized carbons (Fsp3) is 0.357. The molecule has 0 radical (unpaired) electrons. The molecule has 114 valence electrons. The van der Waals surface area contributed by atoms with Gasteiger partial charge in [-0.3, -0.25) is 0 Å². The third kappa shape index (κ3) is 3.85. The molecule has 0 amide bonds. The molecule has 1 aromatic carbocycles. The molecular formula is C14H15BrF3N3. The van der Waals surface area contributed by atoms with E-state index in [1.165, 1.54) is 23.1 Å². The van der Waals surface area contributed by atoms with Crippen LogP contribution in [0, 0.1) is 0 Å². The number of rotatable bonds is 4. The third-order valence-corrected chi connectivity index (χ3v) is 3.60. The lowest BCUT2D eigenvalue weighted by Crippen LogP contribution is -2.22. The standard InChI is InChI=1S/C14H15BrF3N3/c1-2-11(19)5-9-3-4-13(12(6-9)14(16,17)18)21-8-10(15)7-20-21/h3-4,6-8,11H,2,5,19H2,1H3. The Labute approximate surface area is 129 Å². The Morgan fingerprint density at radius 1 is 1.38 bits per heavy atom. The van der Waals surface area contributed by atoms with Crippen molar-refractivity contribution in [2.45, 2.75) is 32.0 Å². The van der Waals surface area contributed by atoms with E-state index in [0.717, 1.165) is 12.5 Å². The number of nitrogens with zero attached hydrogens (tertiary/aromatic N) is 2. The van der Waals surface area contributed by atoms with Crippen LogP contribution < -0.4 is 5.73 Å². The summed E-state index contributed by atoms with van der Waals surface area (Å²) < 4.78 is 41.6. The monoisotopic (exact) mass is 361 g/mol. The topological polar surface area (TPSA) is 43.8 Å². The van der Waals surface area contributed by atoms with Crippen LogP contribution in [0.25, 0.3) is 5.69 Å². The summed E-state index contributed by atoms with van der Waals surface area (Å²) >= 11 is 3.18. The van der Waals surface area contributed by atoms with Crippen LogP contribution >= 0.6 is 15.9 Å². The second kappa shape index (κ2) is 6.19. The van der Waals surface area contributed by atoms with Gasteiger partial charge in [0, 0.05) is 12.2 Å². The third-order valence-electron chi connectivity index (χ3n) is 3.19. The summed E-state index contributed by atoms with van der Waals surface area (Å²) in [6.07, 6.45) is -0.374. The normalized spacial score (nSPS) is 13.4. The highest BCUT2D eigenvalue weighted by molar-refractivity contribution is 9.10. The Kier molecular flexibility index (Phi) is 4.73. The van der Waals surface area contributed by atoms with E-state index in [9.17, 15) is 13.2 Å². The second-order valence-electron chi connectivity index (χ2n) is 4.82. The molecule has 1 heterocycles. The molecule has 0 aliphatic heterocycles. The second-order valence-corrected chi connectivity index (χ2v) is 5.74. The molecule has 2 rings (SSSR count). The van der Waals surface area contributed by atoms with Crippen LogP contribution in [0.5, 0.6) is 0 Å². The zero-order valence-electron chi connectivity index (χ0n) is 11.4. The first-order valence-corrected chi connectivity index (χ1v) is 7.26. The fourth-order valence-electron chi connectivity index (χ4n) is 2.02. The summed E-state index contributed by atoms with van der Waals surface area (Å²) in [5.74, 6) is 0. The van der Waals surface area contributed by atoms with E-state index < -0.39 is 11.7 Å². The Bertz CT molecular complexity index is 622. The van der Waals surface area contributed by atoms with E-state index in [-0.39, 0.29) is 11.7 Å². The number of aromatic nitrogens is 2. The zero-order valence-corrected chi connectivity index (χ0v) is 12.9. The van der Waals surface area contributed by atoms with E-state index in [4.69, 9.17) is 5.73 Å². The number of hydrogen-bond acceptors (Lipinski definition) is 2. The van der Waals surface area contributed by atoms with Crippen molar-refractivity contribution in [3.05, 3.63) is 46.2 Å². The van der Waals surface area contributed by atoms with Crippen molar-refractivity contribution in [2.24, 2.45) is 5.73 Å². The van der Waals surface area contributed by atoms with Crippen molar-refractivity contribution in [3.63, 3.8) is 0 Å². The molecule has 0 saturated heterocycles. The van der Waals surface area contributed by atoms with Gasteiger partial charge >= 0.3 is 6.18 Å². The van der Waals surface area contributed by atoms with Gasteiger partial charge in [-0.1, -0.05) is 13.0 Å². The molecule has 1 unspecified atom stereocenters. The molecule has 1 aromatic heterocycles. The predicted molar refractivity (Wildman–Crippen MR) is 78.2 cm³/mol. The first-order valence-electron chi connectivity index (χ1n) is 6.47. The van der Waals surface area contributed by atoms with E-state index >= 15 is 0 Å². The molecule has 0 aliphatic rings. The van der Waals surface area contributed by atoms with Crippen LogP contribution in [0.4, 0.5) is 13.2 Å². The Morgan fingerprint density at radius 2 is 2.10 bits per heavy atom. The average Bonchev–Trinajstić information content (AvgIpc) is 2.84. The van der Waals surface area contributed by atoms with Crippen molar-refractivity contribution in [2.75, 3.05) is 0 Å². The zero-order chi connectivity index (χ0) is 15.6. The summed E-state index contributed by atoms with van der Waals surface area (Å²) in [4.78, 5) is 0. The first kappa shape index (κ1) is 16.0. The maximum absolute atomic E-state index is 13.3. The molecule has 0 aliphatic carbocycles. The van der Waals surface area contributed by atoms with E-state index in [1.54, 1.807) is 6.07 Å². The number of benzene rings is 1. The molecule has 2 aromatic rings. The number of nitrogens with two attached hydrogens (primary N) is 1. The van der Waals surface area contributed by atoms with Crippen molar-refractivity contribution < 1.29 is 13.2 Å². The van der Waals surface area contributed by atoms with Gasteiger partial charge in [-0.25, -0.2) is 4.68 Å². The van der Waals surface area contributed by atoms with Crippen LogP contribution in [-0.4, -0.2) is 15.8 Å². The van der Waals surface area contributed by atoms with Crippen molar-refractivity contribution >= 4 is 15.9 Å². The summed E-state index contributed by atoms with van der Waals surface area (Å²) in [6, 6.07) is 4.10. The van der Waals surface area contributed by atoms with E-state index in [0.29, 0.717) is 16.5 Å². The maximum atomic E-state index is 13.3. The van der Waals surface area contributed by atoms with Crippen molar-refractivity contribution in [1.29, 1.82) is 0 Å². The molecule has 7 heteroatoms. The lowest BCUT2D eigenvalue weighted by Gasteiger charge is -2.16. The van der Waals surface area contributed by atoms with Gasteiger partial charge in [0.05, 0.1) is 21.9 Å². The minimum absolute atomic E-state index is 0.00187. The van der Waals surface area contributed by atoms with Gasteiger partial charge in [-0.2, -0.15) is 18.3 Å². The maximum Gasteiger partial charge on any atom is 0.418 e. The highest BCUT2D eigenvalue weighted by Gasteiger charge is 2.34. The smallest absolute Gasteiger partial charge is 0.327 e. The average molecular weight is 362 g/mol. The molecule has 0 spiro atoms. The Hall–Kier alpha value is -1.34. The predicted octanol–water partition coefficient (Wildman–Crippen LogP) is 3.93. The minimum atomic E-state index is -4.44. The van der Waals surface area contributed by atoms with Gasteiger partial charge < -0.3 is 5.73 Å². The van der Waals surface area contributed by atoms with Crippen LogP contribution in [0.15, 0.2) is 35.1 Å². The van der Waals surface area contributed by atoms with Gasteiger partial charge in [0.2, 0.25) is 0 Å². The van der Waals surface area contributed by atoms with Gasteiger partial charge in [-0.05, 0) is 46.5 Å². The van der Waals surface area contributed by atoms with Crippen LogP contribution in [-0.2, 0) is 12.6 Å². The van der Waals surface area contributed by atoms with Gasteiger partial charge in [0.25, 0.3) is 0 Å². The van der Waals surface area contributed by atoms with Crippen molar-refractivity contribution in [1.82, 2.24) is 9.78 Å². The van der Waals surface area contributed by atoms with Gasteiger partial charge in [0.1, 0.15) is 0 Å². The summed E-state index contributed by atoms with van der Waals surface area (Å²) in [5.41, 5.74) is 5.68. The summed E-state index contributed by atoms with van der Waals surface area (Å²) in [6.45, 7) is 1.91. The molecule has 21 heavy (non-hydrogen) atoms. The fourth-order valence-corrected chi connectivity index (χ4v) is 2.30. The molecule has 1 atom stereocenters. The molecule has 0 saturated carbocycles. The van der Waals surface area contributed by atoms with Crippen LogP contribution in [0.3, 0.4) is 0 Å². The number of halogens is 4. The molecule has 2 N–H and O–H groups in total. The molecule has 3 nitrogen and oxygen atoms in total. The highest BCUT2D eigenvalue weighted by Crippen LogP contribution is 2.34. The van der Waals surface area contributed by atoms with Crippen LogP contribution in [0.1, 0.15) is 24.5 Å². The minimum Gasteiger partial charge on any atom is -0.327 e. The van der Waals surface area contributed by atoms with Crippen LogP contribution in [0.2, 0.25) is 0 Å². The Balaban J connectivity index is 2.46. The lowest BCUT2D eigenvalue weighted by molar-refractivity contribution is -0.137. The summed E-state index contributed by atoms with van der Waals surface area (Å²) in [7, 11) is 0. The summed E-state index contributed by atoms with van der Waals surface area (Å²) in [5, 5.41) is 3.91. The molecule has 0 bridgehead atoms. The number of alkyl halides is 3. The van der Waals surface area contributed by atoms with Gasteiger partial charge in [0.15, 0.2) is 0 Å². The largest absolute Gasteiger partial charge is 0.418 e. The number of hydrogen-bond donors (Lipinski definition) is 1. The quantitative estimate of drug-likeness (QED) is 0.896. The molecular weight excluding hydrogens is 347 g/mol. The molecule has 0 fully saturated rings. The SMILES string of the molecule is CCC(N)Cc1ccc(-n2cc(Br)cn2)c(C(F)(F)F)c1. The van der Waals surface area contributed by atoms with Crippen molar-refractivity contribution in [3.8, 4) is 5.69 Å². The van der Waals surface area contributed by atoms with E-state index in [1.807, 2.05) is 6.92 Å². The lowest BCUT2D eigenvalue weighted by atomic mass is 10.0. The van der Waals surface area contributed by atoms with E-state index in [2.05, 4.69) is 21.0 Å². The van der Waals surface area contributed by atoms with Gasteiger partial charge in [-0.15, -0.1) is 0 Å². The first-order chi connectivity index (χ1) is 9.81. The Morgan fingerprint density at radius 3 is 2.62 bits per heavy atom. The highest BCUT2D eigenvalue weighted by atomic mass is 79.9.